The molecule has 0 fully saturated rings. The van der Waals surface area contributed by atoms with E-state index in [4.69, 9.17) is 5.11 Å². The fraction of sp³-hybridized carbons (Fsp3) is 0.250. The van der Waals surface area contributed by atoms with E-state index in [1.807, 2.05) is 0 Å². The van der Waals surface area contributed by atoms with Gasteiger partial charge >= 0.3 is 5.97 Å². The van der Waals surface area contributed by atoms with Crippen LogP contribution in [-0.4, -0.2) is 16.1 Å². The summed E-state index contributed by atoms with van der Waals surface area (Å²) >= 11 is 0. The summed E-state index contributed by atoms with van der Waals surface area (Å²) in [5.41, 5.74) is -1.78. The highest BCUT2D eigenvalue weighted by molar-refractivity contribution is 5.70. The highest BCUT2D eigenvalue weighted by atomic mass is 19.3. The smallest absolute Gasteiger partial charge is 0.307 e. The van der Waals surface area contributed by atoms with Crippen LogP contribution in [0.1, 0.15) is 17.6 Å². The lowest BCUT2D eigenvalue weighted by Gasteiger charge is -2.07. The SMILES string of the molecule is O=C(O)Cc1cc(F)nc(F)c1C(F)F. The van der Waals surface area contributed by atoms with Crippen LogP contribution in [0.25, 0.3) is 0 Å². The summed E-state index contributed by atoms with van der Waals surface area (Å²) < 4.78 is 49.9. The molecule has 0 bridgehead atoms. The van der Waals surface area contributed by atoms with Crippen LogP contribution in [-0.2, 0) is 11.2 Å². The van der Waals surface area contributed by atoms with Crippen LogP contribution in [0.2, 0.25) is 0 Å². The van der Waals surface area contributed by atoms with Gasteiger partial charge in [0.15, 0.2) is 0 Å². The van der Waals surface area contributed by atoms with Gasteiger partial charge in [-0.2, -0.15) is 13.8 Å². The second-order valence-electron chi connectivity index (χ2n) is 2.68. The average molecular weight is 223 g/mol. The van der Waals surface area contributed by atoms with Crippen molar-refractivity contribution in [3.8, 4) is 0 Å². The molecular weight excluding hydrogens is 218 g/mol. The van der Waals surface area contributed by atoms with Gasteiger partial charge in [0.1, 0.15) is 0 Å². The predicted octanol–water partition coefficient (Wildman–Crippen LogP) is 1.92. The lowest BCUT2D eigenvalue weighted by Crippen LogP contribution is -2.08. The highest BCUT2D eigenvalue weighted by Crippen LogP contribution is 2.25. The zero-order valence-electron chi connectivity index (χ0n) is 7.18. The fourth-order valence-electron chi connectivity index (χ4n) is 1.08. The molecule has 0 unspecified atom stereocenters. The lowest BCUT2D eigenvalue weighted by atomic mass is 10.1. The third kappa shape index (κ3) is 2.64. The number of carboxylic acid groups (broad SMARTS) is 1. The number of hydrogen-bond donors (Lipinski definition) is 1. The van der Waals surface area contributed by atoms with Gasteiger partial charge in [-0.3, -0.25) is 4.79 Å². The van der Waals surface area contributed by atoms with E-state index in [2.05, 4.69) is 4.98 Å². The monoisotopic (exact) mass is 223 g/mol. The van der Waals surface area contributed by atoms with E-state index in [0.29, 0.717) is 6.07 Å². The zero-order chi connectivity index (χ0) is 11.6. The van der Waals surface area contributed by atoms with Crippen LogP contribution in [0.4, 0.5) is 17.6 Å². The Morgan fingerprint density at radius 3 is 2.53 bits per heavy atom. The van der Waals surface area contributed by atoms with Crippen molar-refractivity contribution >= 4 is 5.97 Å². The number of rotatable bonds is 3. The van der Waals surface area contributed by atoms with Gasteiger partial charge < -0.3 is 5.11 Å². The molecule has 82 valence electrons. The topological polar surface area (TPSA) is 50.2 Å². The van der Waals surface area contributed by atoms with Crippen LogP contribution < -0.4 is 0 Å². The van der Waals surface area contributed by atoms with Gasteiger partial charge in [-0.25, -0.2) is 8.78 Å². The number of nitrogens with zero attached hydrogens (tertiary/aromatic N) is 1. The van der Waals surface area contributed by atoms with Crippen LogP contribution in [0.15, 0.2) is 6.07 Å². The second kappa shape index (κ2) is 4.24. The second-order valence-corrected chi connectivity index (χ2v) is 2.68. The van der Waals surface area contributed by atoms with Crippen molar-refractivity contribution in [2.75, 3.05) is 0 Å². The number of pyridine rings is 1. The first kappa shape index (κ1) is 11.4. The quantitative estimate of drug-likeness (QED) is 0.629. The Morgan fingerprint density at radius 2 is 2.07 bits per heavy atom. The Kier molecular flexibility index (Phi) is 3.23. The molecular formula is C8H5F4NO2. The largest absolute Gasteiger partial charge is 0.481 e. The number of carbonyl (C=O) groups is 1. The third-order valence-electron chi connectivity index (χ3n) is 1.63. The standard InChI is InChI=1S/C8H5F4NO2/c9-4-1-3(2-5(14)15)6(7(10)11)8(12)13-4/h1,7H,2H2,(H,14,15). The summed E-state index contributed by atoms with van der Waals surface area (Å²) in [6.45, 7) is 0. The highest BCUT2D eigenvalue weighted by Gasteiger charge is 2.22. The van der Waals surface area contributed by atoms with Crippen molar-refractivity contribution in [3.05, 3.63) is 29.1 Å². The van der Waals surface area contributed by atoms with Crippen LogP contribution in [0.3, 0.4) is 0 Å². The van der Waals surface area contributed by atoms with E-state index >= 15 is 0 Å². The van der Waals surface area contributed by atoms with Crippen molar-refractivity contribution in [2.24, 2.45) is 0 Å². The van der Waals surface area contributed by atoms with Gasteiger partial charge in [0.25, 0.3) is 6.43 Å². The maximum atomic E-state index is 12.8. The van der Waals surface area contributed by atoms with Crippen molar-refractivity contribution in [2.45, 2.75) is 12.8 Å². The molecule has 0 spiro atoms. The number of halogens is 4. The predicted molar refractivity (Wildman–Crippen MR) is 40.4 cm³/mol. The first-order valence-corrected chi connectivity index (χ1v) is 3.76. The molecule has 1 heterocycles. The van der Waals surface area contributed by atoms with E-state index in [0.717, 1.165) is 0 Å². The molecule has 1 aromatic heterocycles. The lowest BCUT2D eigenvalue weighted by molar-refractivity contribution is -0.136. The van der Waals surface area contributed by atoms with Gasteiger partial charge in [0, 0.05) is 0 Å². The molecule has 0 aliphatic rings. The number of aliphatic carboxylic acids is 1. The molecule has 15 heavy (non-hydrogen) atoms. The molecule has 0 amide bonds. The summed E-state index contributed by atoms with van der Waals surface area (Å²) in [7, 11) is 0. The molecule has 7 heteroatoms. The summed E-state index contributed by atoms with van der Waals surface area (Å²) in [6.07, 6.45) is -4.11. The third-order valence-corrected chi connectivity index (χ3v) is 1.63. The minimum atomic E-state index is -3.23. The van der Waals surface area contributed by atoms with Crippen molar-refractivity contribution in [3.63, 3.8) is 0 Å². The minimum Gasteiger partial charge on any atom is -0.481 e. The maximum absolute atomic E-state index is 12.8. The van der Waals surface area contributed by atoms with Crippen molar-refractivity contribution in [1.29, 1.82) is 0 Å². The van der Waals surface area contributed by atoms with E-state index in [1.165, 1.54) is 0 Å². The number of hydrogen-bond acceptors (Lipinski definition) is 2. The average Bonchev–Trinajstić information content (AvgIpc) is 1.99. The minimum absolute atomic E-state index is 0.485. The van der Waals surface area contributed by atoms with E-state index in [1.54, 1.807) is 0 Å². The van der Waals surface area contributed by atoms with Gasteiger partial charge in [0.05, 0.1) is 12.0 Å². The van der Waals surface area contributed by atoms with Gasteiger partial charge in [-0.15, -0.1) is 0 Å². The molecule has 1 aromatic rings. The molecule has 1 N–H and O–H groups in total. The number of alkyl halides is 2. The molecule has 0 saturated carbocycles. The van der Waals surface area contributed by atoms with Crippen molar-refractivity contribution < 1.29 is 27.5 Å². The summed E-state index contributed by atoms with van der Waals surface area (Å²) in [6, 6.07) is 0.485. The Hall–Kier alpha value is -1.66. The molecule has 0 saturated heterocycles. The van der Waals surface area contributed by atoms with E-state index in [-0.39, 0.29) is 0 Å². The van der Waals surface area contributed by atoms with Crippen molar-refractivity contribution in [1.82, 2.24) is 4.98 Å². The first-order chi connectivity index (χ1) is 6.91. The summed E-state index contributed by atoms with van der Waals surface area (Å²) in [5, 5.41) is 8.34. The normalized spacial score (nSPS) is 10.7. The summed E-state index contributed by atoms with van der Waals surface area (Å²) in [4.78, 5) is 12.8. The Morgan fingerprint density at radius 1 is 1.47 bits per heavy atom. The molecule has 0 aliphatic carbocycles. The summed E-state index contributed by atoms with van der Waals surface area (Å²) in [5.74, 6) is -4.46. The number of carboxylic acids is 1. The molecule has 1 rings (SSSR count). The number of aromatic nitrogens is 1. The van der Waals surface area contributed by atoms with E-state index in [9.17, 15) is 22.4 Å². The zero-order valence-corrected chi connectivity index (χ0v) is 7.18. The van der Waals surface area contributed by atoms with Crippen LogP contribution in [0, 0.1) is 11.9 Å². The van der Waals surface area contributed by atoms with Crippen LogP contribution in [0.5, 0.6) is 0 Å². The van der Waals surface area contributed by atoms with Crippen LogP contribution >= 0.6 is 0 Å². The Bertz CT molecular complexity index is 394. The fourth-order valence-corrected chi connectivity index (χ4v) is 1.08. The van der Waals surface area contributed by atoms with Gasteiger partial charge in [-0.05, 0) is 11.6 Å². The molecule has 0 atom stereocenters. The molecule has 0 aliphatic heterocycles. The first-order valence-electron chi connectivity index (χ1n) is 3.76. The molecule has 0 radical (unpaired) electrons. The maximum Gasteiger partial charge on any atom is 0.307 e. The Labute approximate surface area is 81.4 Å². The molecule has 0 aromatic carbocycles. The van der Waals surface area contributed by atoms with Gasteiger partial charge in [0.2, 0.25) is 11.9 Å². The molecule has 3 nitrogen and oxygen atoms in total. The van der Waals surface area contributed by atoms with Gasteiger partial charge in [-0.1, -0.05) is 0 Å². The van der Waals surface area contributed by atoms with E-state index < -0.39 is 41.8 Å². The Balaban J connectivity index is 3.26.